The van der Waals surface area contributed by atoms with E-state index in [2.05, 4.69) is 19.1 Å². The fraction of sp³-hybridized carbons (Fsp3) is 0.500. The van der Waals surface area contributed by atoms with E-state index in [9.17, 15) is 0 Å². The van der Waals surface area contributed by atoms with Crippen LogP contribution in [-0.2, 0) is 4.74 Å². The number of aliphatic hydroxyl groups excluding tert-OH is 1. The second kappa shape index (κ2) is 6.39. The lowest BCUT2D eigenvalue weighted by atomic mass is 9.97. The molecule has 0 fully saturated rings. The molecule has 0 saturated heterocycles. The molecule has 0 radical (unpaired) electrons. The topological polar surface area (TPSA) is 53.2 Å². The van der Waals surface area contributed by atoms with Crippen molar-refractivity contribution >= 4 is 0 Å². The van der Waals surface area contributed by atoms with E-state index in [1.54, 1.807) is 0 Å². The summed E-state index contributed by atoms with van der Waals surface area (Å²) in [6.45, 7) is 6.56. The molecule has 1 atom stereocenters. The van der Waals surface area contributed by atoms with E-state index < -0.39 is 6.10 Å². The van der Waals surface area contributed by atoms with Crippen LogP contribution >= 0.6 is 0 Å². The van der Waals surface area contributed by atoms with Crippen LogP contribution in [0.4, 0.5) is 0 Å². The molecular formula is C14H19NO2. The van der Waals surface area contributed by atoms with E-state index >= 15 is 0 Å². The summed E-state index contributed by atoms with van der Waals surface area (Å²) in [4.78, 5) is 0. The van der Waals surface area contributed by atoms with Crippen LogP contribution in [0.2, 0.25) is 0 Å². The lowest BCUT2D eigenvalue weighted by Gasteiger charge is -2.15. The summed E-state index contributed by atoms with van der Waals surface area (Å²) in [6, 6.07) is 6.25. The maximum Gasteiger partial charge on any atom is 0.169 e. The third-order valence-electron chi connectivity index (χ3n) is 2.87. The van der Waals surface area contributed by atoms with Crippen molar-refractivity contribution < 1.29 is 9.84 Å². The van der Waals surface area contributed by atoms with Crippen LogP contribution in [0.3, 0.4) is 0 Å². The van der Waals surface area contributed by atoms with Crippen molar-refractivity contribution in [2.45, 2.75) is 33.3 Å². The Balaban J connectivity index is 2.89. The average Bonchev–Trinajstić information content (AvgIpc) is 2.30. The van der Waals surface area contributed by atoms with Crippen LogP contribution in [0, 0.1) is 32.1 Å². The minimum absolute atomic E-state index is 0.0874. The predicted molar refractivity (Wildman–Crippen MR) is 66.7 cm³/mol. The van der Waals surface area contributed by atoms with Crippen molar-refractivity contribution in [2.75, 3.05) is 13.2 Å². The van der Waals surface area contributed by atoms with Gasteiger partial charge in [0.2, 0.25) is 0 Å². The lowest BCUT2D eigenvalue weighted by molar-refractivity contribution is 0.0770. The van der Waals surface area contributed by atoms with Gasteiger partial charge >= 0.3 is 0 Å². The van der Waals surface area contributed by atoms with Crippen LogP contribution in [0.1, 0.15) is 34.8 Å². The van der Waals surface area contributed by atoms with E-state index in [-0.39, 0.29) is 6.61 Å². The minimum atomic E-state index is -0.541. The Morgan fingerprint density at radius 2 is 1.88 bits per heavy atom. The van der Waals surface area contributed by atoms with E-state index in [1.165, 1.54) is 5.56 Å². The largest absolute Gasteiger partial charge is 0.396 e. The van der Waals surface area contributed by atoms with Crippen molar-refractivity contribution in [3.63, 3.8) is 0 Å². The molecule has 0 bridgehead atoms. The normalized spacial score (nSPS) is 12.2. The fourth-order valence-corrected chi connectivity index (χ4v) is 1.73. The van der Waals surface area contributed by atoms with E-state index in [0.717, 1.165) is 16.7 Å². The van der Waals surface area contributed by atoms with Gasteiger partial charge in [-0.2, -0.15) is 5.26 Å². The summed E-state index contributed by atoms with van der Waals surface area (Å²) in [5.74, 6) is 0. The molecule has 92 valence electrons. The molecule has 3 nitrogen and oxygen atoms in total. The molecule has 1 aromatic carbocycles. The number of hydrogen-bond donors (Lipinski definition) is 1. The van der Waals surface area contributed by atoms with Gasteiger partial charge in [-0.05, 0) is 49.4 Å². The van der Waals surface area contributed by atoms with Crippen LogP contribution in [-0.4, -0.2) is 18.3 Å². The number of hydrogen-bond acceptors (Lipinski definition) is 3. The molecule has 0 amide bonds. The van der Waals surface area contributed by atoms with Crippen LogP contribution in [0.25, 0.3) is 0 Å². The molecule has 0 heterocycles. The zero-order chi connectivity index (χ0) is 12.8. The van der Waals surface area contributed by atoms with Crippen LogP contribution in [0.5, 0.6) is 0 Å². The molecule has 1 aromatic rings. The van der Waals surface area contributed by atoms with Gasteiger partial charge in [-0.3, -0.25) is 0 Å². The van der Waals surface area contributed by atoms with Gasteiger partial charge in [0.25, 0.3) is 0 Å². The van der Waals surface area contributed by atoms with E-state index in [4.69, 9.17) is 15.1 Å². The SMILES string of the molecule is Cc1cc(C)c(C(C#N)OCCCO)cc1C. The summed E-state index contributed by atoms with van der Waals surface area (Å²) in [7, 11) is 0. The number of aliphatic hydroxyl groups is 1. The van der Waals surface area contributed by atoms with Gasteiger partial charge in [0.15, 0.2) is 6.10 Å². The first-order chi connectivity index (χ1) is 8.10. The highest BCUT2D eigenvalue weighted by Gasteiger charge is 2.14. The fourth-order valence-electron chi connectivity index (χ4n) is 1.73. The maximum atomic E-state index is 9.13. The van der Waals surface area contributed by atoms with Crippen LogP contribution < -0.4 is 0 Å². The molecule has 1 N–H and O–H groups in total. The highest BCUT2D eigenvalue weighted by Crippen LogP contribution is 2.24. The molecule has 0 aliphatic heterocycles. The first kappa shape index (κ1) is 13.7. The first-order valence-corrected chi connectivity index (χ1v) is 5.80. The third-order valence-corrected chi connectivity index (χ3v) is 2.87. The molecule has 0 spiro atoms. The summed E-state index contributed by atoms with van der Waals surface area (Å²) >= 11 is 0. The smallest absolute Gasteiger partial charge is 0.169 e. The van der Waals surface area contributed by atoms with Crippen LogP contribution in [0.15, 0.2) is 12.1 Å². The Bertz CT molecular complexity index is 421. The molecule has 1 unspecified atom stereocenters. The molecule has 17 heavy (non-hydrogen) atoms. The van der Waals surface area contributed by atoms with Crippen molar-refractivity contribution in [3.05, 3.63) is 34.4 Å². The van der Waals surface area contributed by atoms with E-state index in [0.29, 0.717) is 13.0 Å². The molecule has 3 heteroatoms. The number of nitriles is 1. The number of benzene rings is 1. The number of ether oxygens (including phenoxy) is 1. The molecule has 1 rings (SSSR count). The minimum Gasteiger partial charge on any atom is -0.396 e. The maximum absolute atomic E-state index is 9.13. The second-order valence-electron chi connectivity index (χ2n) is 4.25. The van der Waals surface area contributed by atoms with Gasteiger partial charge in [-0.25, -0.2) is 0 Å². The molecule has 0 aliphatic carbocycles. The summed E-state index contributed by atoms with van der Waals surface area (Å²) in [5, 5.41) is 17.8. The first-order valence-electron chi connectivity index (χ1n) is 5.80. The van der Waals surface area contributed by atoms with Crippen molar-refractivity contribution in [2.24, 2.45) is 0 Å². The highest BCUT2D eigenvalue weighted by molar-refractivity contribution is 5.39. The number of rotatable bonds is 5. The van der Waals surface area contributed by atoms with Gasteiger partial charge in [0.1, 0.15) is 0 Å². The Morgan fingerprint density at radius 1 is 1.24 bits per heavy atom. The Morgan fingerprint density at radius 3 is 2.47 bits per heavy atom. The molecule has 0 aromatic heterocycles. The second-order valence-corrected chi connectivity index (χ2v) is 4.25. The summed E-state index contributed by atoms with van der Waals surface area (Å²) < 4.78 is 5.47. The quantitative estimate of drug-likeness (QED) is 0.795. The zero-order valence-electron chi connectivity index (χ0n) is 10.7. The third kappa shape index (κ3) is 3.55. The number of nitrogens with zero attached hydrogens (tertiary/aromatic N) is 1. The number of aryl methyl sites for hydroxylation is 3. The molecule has 0 aliphatic rings. The Kier molecular flexibility index (Phi) is 5.14. The summed E-state index contributed by atoms with van der Waals surface area (Å²) in [6.07, 6.45) is 0.0167. The Hall–Kier alpha value is -1.37. The molecular weight excluding hydrogens is 214 g/mol. The average molecular weight is 233 g/mol. The highest BCUT2D eigenvalue weighted by atomic mass is 16.5. The zero-order valence-corrected chi connectivity index (χ0v) is 10.7. The van der Waals surface area contributed by atoms with Gasteiger partial charge < -0.3 is 9.84 Å². The summed E-state index contributed by atoms with van der Waals surface area (Å²) in [5.41, 5.74) is 4.38. The van der Waals surface area contributed by atoms with Crippen molar-refractivity contribution in [1.29, 1.82) is 5.26 Å². The monoisotopic (exact) mass is 233 g/mol. The van der Waals surface area contributed by atoms with E-state index in [1.807, 2.05) is 19.9 Å². The molecule has 0 saturated carbocycles. The predicted octanol–water partition coefficient (Wildman–Crippen LogP) is 2.58. The Labute approximate surface area is 103 Å². The van der Waals surface area contributed by atoms with Gasteiger partial charge in [0.05, 0.1) is 12.7 Å². The lowest BCUT2D eigenvalue weighted by Crippen LogP contribution is -2.07. The van der Waals surface area contributed by atoms with Gasteiger partial charge in [-0.1, -0.05) is 12.1 Å². The standard InChI is InChI=1S/C14H19NO2/c1-10-7-12(3)13(8-11(10)2)14(9-15)17-6-4-5-16/h7-8,14,16H,4-6H2,1-3H3. The van der Waals surface area contributed by atoms with Crippen molar-refractivity contribution in [3.8, 4) is 6.07 Å². The van der Waals surface area contributed by atoms with Gasteiger partial charge in [-0.15, -0.1) is 0 Å². The van der Waals surface area contributed by atoms with Crippen molar-refractivity contribution in [1.82, 2.24) is 0 Å². The van der Waals surface area contributed by atoms with Gasteiger partial charge in [0, 0.05) is 6.61 Å².